The Balaban J connectivity index is 1.84. The van der Waals surface area contributed by atoms with Gasteiger partial charge in [0, 0.05) is 19.3 Å². The monoisotopic (exact) mass is 225 g/mol. The van der Waals surface area contributed by atoms with E-state index in [1.807, 2.05) is 0 Å². The molecule has 1 aliphatic carbocycles. The zero-order chi connectivity index (χ0) is 11.4. The third-order valence-electron chi connectivity index (χ3n) is 4.59. The molecular weight excluding hydrogens is 198 g/mol. The van der Waals surface area contributed by atoms with Crippen molar-refractivity contribution in [2.24, 2.45) is 17.8 Å². The quantitative estimate of drug-likeness (QED) is 0.797. The zero-order valence-electron chi connectivity index (χ0n) is 10.9. The topological polar surface area (TPSA) is 21.3 Å². The van der Waals surface area contributed by atoms with Crippen molar-refractivity contribution in [2.75, 3.05) is 20.3 Å². The first-order valence-electron chi connectivity index (χ1n) is 7.04. The van der Waals surface area contributed by atoms with Crippen molar-refractivity contribution in [1.82, 2.24) is 5.32 Å². The lowest BCUT2D eigenvalue weighted by Crippen LogP contribution is -2.39. The molecule has 0 radical (unpaired) electrons. The van der Waals surface area contributed by atoms with E-state index in [1.54, 1.807) is 0 Å². The van der Waals surface area contributed by atoms with E-state index in [2.05, 4.69) is 19.3 Å². The highest BCUT2D eigenvalue weighted by Crippen LogP contribution is 2.35. The van der Waals surface area contributed by atoms with Crippen molar-refractivity contribution in [3.63, 3.8) is 0 Å². The third kappa shape index (κ3) is 3.21. The van der Waals surface area contributed by atoms with E-state index < -0.39 is 0 Å². The molecular formula is C14H27NO. The Morgan fingerprint density at radius 3 is 2.56 bits per heavy atom. The van der Waals surface area contributed by atoms with Crippen molar-refractivity contribution >= 4 is 0 Å². The largest absolute Gasteiger partial charge is 0.381 e. The summed E-state index contributed by atoms with van der Waals surface area (Å²) >= 11 is 0. The third-order valence-corrected chi connectivity index (χ3v) is 4.59. The zero-order valence-corrected chi connectivity index (χ0v) is 10.9. The average Bonchev–Trinajstić information content (AvgIpc) is 2.31. The molecule has 0 aromatic rings. The van der Waals surface area contributed by atoms with E-state index in [0.29, 0.717) is 0 Å². The number of hydrogen-bond donors (Lipinski definition) is 1. The highest BCUT2D eigenvalue weighted by molar-refractivity contribution is 4.84. The maximum Gasteiger partial charge on any atom is 0.0468 e. The summed E-state index contributed by atoms with van der Waals surface area (Å²) in [5, 5.41) is 3.53. The van der Waals surface area contributed by atoms with Crippen molar-refractivity contribution < 1.29 is 4.74 Å². The number of nitrogens with one attached hydrogen (secondary N) is 1. The second-order valence-corrected chi connectivity index (χ2v) is 5.86. The summed E-state index contributed by atoms with van der Waals surface area (Å²) in [4.78, 5) is 0. The van der Waals surface area contributed by atoms with Crippen LogP contribution in [0, 0.1) is 17.8 Å². The molecule has 1 N–H and O–H groups in total. The van der Waals surface area contributed by atoms with Crippen LogP contribution in [0.2, 0.25) is 0 Å². The van der Waals surface area contributed by atoms with Gasteiger partial charge in [0.15, 0.2) is 0 Å². The summed E-state index contributed by atoms with van der Waals surface area (Å²) in [7, 11) is 2.14. The van der Waals surface area contributed by atoms with E-state index in [-0.39, 0.29) is 0 Å². The first-order chi connectivity index (χ1) is 7.79. The van der Waals surface area contributed by atoms with Crippen LogP contribution in [0.3, 0.4) is 0 Å². The van der Waals surface area contributed by atoms with Gasteiger partial charge in [-0.3, -0.25) is 0 Å². The Labute approximate surface area is 100 Å². The summed E-state index contributed by atoms with van der Waals surface area (Å²) < 4.78 is 5.45. The molecule has 0 aromatic heterocycles. The predicted molar refractivity (Wildman–Crippen MR) is 67.5 cm³/mol. The van der Waals surface area contributed by atoms with Crippen LogP contribution in [0.5, 0.6) is 0 Å². The molecule has 2 heteroatoms. The Hall–Kier alpha value is -0.0800. The van der Waals surface area contributed by atoms with Crippen molar-refractivity contribution in [1.29, 1.82) is 0 Å². The average molecular weight is 225 g/mol. The van der Waals surface area contributed by atoms with Crippen molar-refractivity contribution in [3.8, 4) is 0 Å². The summed E-state index contributed by atoms with van der Waals surface area (Å²) in [5.74, 6) is 2.78. The normalized spacial score (nSPS) is 37.5. The molecule has 0 amide bonds. The van der Waals surface area contributed by atoms with E-state index >= 15 is 0 Å². The Morgan fingerprint density at radius 1 is 1.12 bits per heavy atom. The van der Waals surface area contributed by atoms with E-state index in [9.17, 15) is 0 Å². The molecule has 1 saturated carbocycles. The van der Waals surface area contributed by atoms with E-state index in [1.165, 1.54) is 38.5 Å². The van der Waals surface area contributed by atoms with Crippen LogP contribution in [0.1, 0.15) is 45.4 Å². The van der Waals surface area contributed by atoms with Gasteiger partial charge in [0.1, 0.15) is 0 Å². The number of hydrogen-bond acceptors (Lipinski definition) is 2. The minimum Gasteiger partial charge on any atom is -0.381 e. The first kappa shape index (κ1) is 12.4. The standard InChI is InChI=1S/C14H27NO/c1-11-3-4-14(15-2)13(9-11)10-12-5-7-16-8-6-12/h11-15H,3-10H2,1-2H3. The fraction of sp³-hybridized carbons (Fsp3) is 1.00. The van der Waals surface area contributed by atoms with Gasteiger partial charge in [0.2, 0.25) is 0 Å². The van der Waals surface area contributed by atoms with Gasteiger partial charge in [-0.2, -0.15) is 0 Å². The maximum atomic E-state index is 5.45. The Bertz CT molecular complexity index is 201. The molecule has 0 aromatic carbocycles. The molecule has 2 fully saturated rings. The predicted octanol–water partition coefficient (Wildman–Crippen LogP) is 2.83. The van der Waals surface area contributed by atoms with Gasteiger partial charge in [-0.1, -0.05) is 6.92 Å². The summed E-state index contributed by atoms with van der Waals surface area (Å²) in [5.41, 5.74) is 0. The van der Waals surface area contributed by atoms with Crippen LogP contribution in [-0.4, -0.2) is 26.3 Å². The minimum atomic E-state index is 0.777. The maximum absolute atomic E-state index is 5.45. The van der Waals surface area contributed by atoms with Crippen molar-refractivity contribution in [2.45, 2.75) is 51.5 Å². The number of ether oxygens (including phenoxy) is 1. The van der Waals surface area contributed by atoms with Gasteiger partial charge in [0.25, 0.3) is 0 Å². The number of rotatable bonds is 3. The molecule has 3 atom stereocenters. The molecule has 16 heavy (non-hydrogen) atoms. The second kappa shape index (κ2) is 6.02. The van der Waals surface area contributed by atoms with Crippen LogP contribution >= 0.6 is 0 Å². The molecule has 1 heterocycles. The molecule has 3 unspecified atom stereocenters. The summed E-state index contributed by atoms with van der Waals surface area (Å²) in [6.45, 7) is 4.41. The van der Waals surface area contributed by atoms with Gasteiger partial charge in [-0.15, -0.1) is 0 Å². The smallest absolute Gasteiger partial charge is 0.0468 e. The van der Waals surface area contributed by atoms with Gasteiger partial charge >= 0.3 is 0 Å². The van der Waals surface area contributed by atoms with Crippen LogP contribution < -0.4 is 5.32 Å². The molecule has 2 aliphatic rings. The lowest BCUT2D eigenvalue weighted by molar-refractivity contribution is 0.0511. The lowest BCUT2D eigenvalue weighted by atomic mass is 9.74. The van der Waals surface area contributed by atoms with Gasteiger partial charge < -0.3 is 10.1 Å². The molecule has 0 bridgehead atoms. The molecule has 1 saturated heterocycles. The van der Waals surface area contributed by atoms with E-state index in [0.717, 1.165) is 37.0 Å². The Morgan fingerprint density at radius 2 is 1.88 bits per heavy atom. The highest BCUT2D eigenvalue weighted by Gasteiger charge is 2.29. The second-order valence-electron chi connectivity index (χ2n) is 5.86. The molecule has 0 spiro atoms. The Kier molecular flexibility index (Phi) is 4.66. The molecule has 94 valence electrons. The van der Waals surface area contributed by atoms with Crippen LogP contribution in [0.25, 0.3) is 0 Å². The van der Waals surface area contributed by atoms with E-state index in [4.69, 9.17) is 4.74 Å². The van der Waals surface area contributed by atoms with Gasteiger partial charge in [-0.05, 0) is 63.3 Å². The SMILES string of the molecule is CNC1CCC(C)CC1CC1CCOCC1. The fourth-order valence-electron chi connectivity index (χ4n) is 3.55. The minimum absolute atomic E-state index is 0.777. The fourth-order valence-corrected chi connectivity index (χ4v) is 3.55. The van der Waals surface area contributed by atoms with Crippen LogP contribution in [0.4, 0.5) is 0 Å². The van der Waals surface area contributed by atoms with Crippen LogP contribution in [-0.2, 0) is 4.74 Å². The molecule has 2 rings (SSSR count). The van der Waals surface area contributed by atoms with Gasteiger partial charge in [-0.25, -0.2) is 0 Å². The van der Waals surface area contributed by atoms with Crippen molar-refractivity contribution in [3.05, 3.63) is 0 Å². The van der Waals surface area contributed by atoms with Gasteiger partial charge in [0.05, 0.1) is 0 Å². The molecule has 1 aliphatic heterocycles. The molecule has 2 nitrogen and oxygen atoms in total. The van der Waals surface area contributed by atoms with Crippen LogP contribution in [0.15, 0.2) is 0 Å². The lowest BCUT2D eigenvalue weighted by Gasteiger charge is -2.37. The highest BCUT2D eigenvalue weighted by atomic mass is 16.5. The summed E-state index contributed by atoms with van der Waals surface area (Å²) in [6, 6.07) is 0.777. The summed E-state index contributed by atoms with van der Waals surface area (Å²) in [6.07, 6.45) is 8.24. The first-order valence-corrected chi connectivity index (χ1v) is 7.04.